The molecule has 3 aromatic rings. The number of rotatable bonds is 8. The Hall–Kier alpha value is -4.20. The van der Waals surface area contributed by atoms with Crippen molar-refractivity contribution in [3.63, 3.8) is 0 Å². The fourth-order valence-corrected chi connectivity index (χ4v) is 3.54. The lowest BCUT2D eigenvalue weighted by Crippen LogP contribution is -2.16. The van der Waals surface area contributed by atoms with E-state index >= 15 is 0 Å². The molecule has 4 rings (SSSR count). The topological polar surface area (TPSA) is 151 Å². The molecule has 0 radical (unpaired) electrons. The van der Waals surface area contributed by atoms with Gasteiger partial charge >= 0.3 is 0 Å². The van der Waals surface area contributed by atoms with Crippen molar-refractivity contribution in [1.29, 1.82) is 10.8 Å². The summed E-state index contributed by atoms with van der Waals surface area (Å²) in [6.45, 7) is 6.05. The zero-order valence-corrected chi connectivity index (χ0v) is 20.3. The number of pyridine rings is 1. The van der Waals surface area contributed by atoms with Crippen LogP contribution >= 0.6 is 0 Å². The largest absolute Gasteiger partial charge is 0.486 e. The monoisotopic (exact) mass is 472 g/mol. The SMILES string of the molecule is CC.Cc1nc(C2CC2)cc(C(=O)Nc2ccc(C(=N)N)cc2)c1OCc1cccc(C(=N)N)c1. The molecule has 0 spiro atoms. The van der Waals surface area contributed by atoms with E-state index in [2.05, 4.69) is 10.3 Å². The lowest BCUT2D eigenvalue weighted by atomic mass is 10.1. The number of carbonyl (C=O) groups is 1. The summed E-state index contributed by atoms with van der Waals surface area (Å²) in [6.07, 6.45) is 2.14. The summed E-state index contributed by atoms with van der Waals surface area (Å²) in [6, 6.07) is 15.8. The summed E-state index contributed by atoms with van der Waals surface area (Å²) < 4.78 is 6.07. The zero-order valence-electron chi connectivity index (χ0n) is 20.3. The highest BCUT2D eigenvalue weighted by molar-refractivity contribution is 6.06. The Balaban J connectivity index is 0.00000167. The molecule has 0 bridgehead atoms. The first-order valence-electron chi connectivity index (χ1n) is 11.7. The summed E-state index contributed by atoms with van der Waals surface area (Å²) in [5, 5.41) is 18.0. The number of ether oxygens (including phenoxy) is 1. The van der Waals surface area contributed by atoms with Gasteiger partial charge in [0, 0.05) is 28.4 Å². The third-order valence-corrected chi connectivity index (χ3v) is 5.48. The quantitative estimate of drug-likeness (QED) is 0.238. The molecule has 0 saturated heterocycles. The lowest BCUT2D eigenvalue weighted by molar-refractivity contribution is 0.102. The Kier molecular flexibility index (Phi) is 8.20. The van der Waals surface area contributed by atoms with E-state index in [1.54, 1.807) is 36.4 Å². The summed E-state index contributed by atoms with van der Waals surface area (Å²) in [5.41, 5.74) is 15.7. The van der Waals surface area contributed by atoms with E-state index in [-0.39, 0.29) is 24.2 Å². The van der Waals surface area contributed by atoms with Crippen LogP contribution in [0.2, 0.25) is 0 Å². The average molecular weight is 473 g/mol. The van der Waals surface area contributed by atoms with Crippen LogP contribution in [0.1, 0.15) is 71.0 Å². The van der Waals surface area contributed by atoms with Gasteiger partial charge in [0.15, 0.2) is 5.75 Å². The third kappa shape index (κ3) is 6.44. The maximum absolute atomic E-state index is 13.2. The number of hydrogen-bond acceptors (Lipinski definition) is 5. The predicted octanol–water partition coefficient (Wildman–Crippen LogP) is 4.69. The standard InChI is InChI=1S/C25H26N6O2.C2H6/c1-14-22(33-13-15-3-2-4-18(11-15)24(28)29)20(12-21(30-14)16-5-6-16)25(32)31-19-9-7-17(8-10-19)23(26)27;1-2/h2-4,7-12,16H,5-6,13H2,1H3,(H3,26,27)(H3,28,29)(H,31,32);1-2H3. The van der Waals surface area contributed by atoms with E-state index in [1.807, 2.05) is 39.0 Å². The third-order valence-electron chi connectivity index (χ3n) is 5.48. The number of amides is 1. The average Bonchev–Trinajstić information content (AvgIpc) is 3.70. The van der Waals surface area contributed by atoms with Crippen molar-refractivity contribution in [2.24, 2.45) is 11.5 Å². The molecular formula is C27H32N6O2. The molecule has 2 aromatic carbocycles. The van der Waals surface area contributed by atoms with Crippen molar-refractivity contribution < 1.29 is 9.53 Å². The highest BCUT2D eigenvalue weighted by Gasteiger charge is 2.28. The van der Waals surface area contributed by atoms with Gasteiger partial charge in [0.05, 0.1) is 11.3 Å². The number of nitrogen functional groups attached to an aromatic ring is 2. The van der Waals surface area contributed by atoms with E-state index < -0.39 is 0 Å². The Morgan fingerprint density at radius 2 is 1.69 bits per heavy atom. The molecule has 1 saturated carbocycles. The predicted molar refractivity (Wildman–Crippen MR) is 139 cm³/mol. The van der Waals surface area contributed by atoms with Gasteiger partial charge in [-0.1, -0.05) is 32.0 Å². The molecule has 0 aliphatic heterocycles. The number of amidine groups is 2. The second-order valence-electron chi connectivity index (χ2n) is 8.13. The van der Waals surface area contributed by atoms with Gasteiger partial charge in [0.1, 0.15) is 18.3 Å². The van der Waals surface area contributed by atoms with E-state index in [1.165, 1.54) is 0 Å². The van der Waals surface area contributed by atoms with Crippen LogP contribution in [0.4, 0.5) is 5.69 Å². The first kappa shape index (κ1) is 25.4. The van der Waals surface area contributed by atoms with Gasteiger partial charge < -0.3 is 21.5 Å². The summed E-state index contributed by atoms with van der Waals surface area (Å²) >= 11 is 0. The van der Waals surface area contributed by atoms with Crippen LogP contribution in [0, 0.1) is 17.7 Å². The fourth-order valence-electron chi connectivity index (χ4n) is 3.54. The maximum Gasteiger partial charge on any atom is 0.259 e. The number of nitrogens with two attached hydrogens (primary N) is 2. The van der Waals surface area contributed by atoms with E-state index in [9.17, 15) is 4.79 Å². The second-order valence-corrected chi connectivity index (χ2v) is 8.13. The van der Waals surface area contributed by atoms with E-state index in [0.29, 0.717) is 39.7 Å². The van der Waals surface area contributed by atoms with Gasteiger partial charge in [-0.2, -0.15) is 0 Å². The van der Waals surface area contributed by atoms with Crippen LogP contribution in [0.15, 0.2) is 54.6 Å². The van der Waals surface area contributed by atoms with Crippen LogP contribution in [-0.4, -0.2) is 22.6 Å². The number of nitrogens with zero attached hydrogens (tertiary/aromatic N) is 1. The van der Waals surface area contributed by atoms with Crippen molar-refractivity contribution in [2.45, 2.75) is 46.1 Å². The number of aryl methyl sites for hydroxylation is 1. The molecule has 1 aliphatic carbocycles. The van der Waals surface area contributed by atoms with E-state index in [0.717, 1.165) is 24.1 Å². The highest BCUT2D eigenvalue weighted by Crippen LogP contribution is 2.41. The van der Waals surface area contributed by atoms with Crippen LogP contribution < -0.4 is 21.5 Å². The minimum atomic E-state index is -0.300. The minimum Gasteiger partial charge on any atom is -0.486 e. The molecule has 1 fully saturated rings. The Bertz CT molecular complexity index is 1230. The van der Waals surface area contributed by atoms with Gasteiger partial charge in [-0.05, 0) is 61.7 Å². The molecule has 35 heavy (non-hydrogen) atoms. The first-order chi connectivity index (χ1) is 16.8. The number of benzene rings is 2. The van der Waals surface area contributed by atoms with Crippen molar-refractivity contribution >= 4 is 23.3 Å². The van der Waals surface area contributed by atoms with Crippen LogP contribution in [0.5, 0.6) is 5.75 Å². The maximum atomic E-state index is 13.2. The Morgan fingerprint density at radius 1 is 1.03 bits per heavy atom. The number of hydrogen-bond donors (Lipinski definition) is 5. The highest BCUT2D eigenvalue weighted by atomic mass is 16.5. The normalized spacial score (nSPS) is 12.2. The van der Waals surface area contributed by atoms with Gasteiger partial charge in [-0.15, -0.1) is 0 Å². The molecule has 182 valence electrons. The van der Waals surface area contributed by atoms with E-state index in [4.69, 9.17) is 27.0 Å². The van der Waals surface area contributed by atoms with Crippen LogP contribution in [0.3, 0.4) is 0 Å². The minimum absolute atomic E-state index is 0.0145. The van der Waals surface area contributed by atoms with Crippen molar-refractivity contribution in [3.05, 3.63) is 88.2 Å². The first-order valence-corrected chi connectivity index (χ1v) is 11.7. The molecule has 7 N–H and O–H groups in total. The molecule has 1 aromatic heterocycles. The van der Waals surface area contributed by atoms with Gasteiger partial charge in [-0.3, -0.25) is 20.6 Å². The molecule has 8 heteroatoms. The molecule has 1 aliphatic rings. The number of anilines is 1. The summed E-state index contributed by atoms with van der Waals surface area (Å²) in [5.74, 6) is 0.456. The molecule has 8 nitrogen and oxygen atoms in total. The summed E-state index contributed by atoms with van der Waals surface area (Å²) in [7, 11) is 0. The Labute approximate surface area is 205 Å². The zero-order chi connectivity index (χ0) is 25.5. The fraction of sp³-hybridized carbons (Fsp3) is 0.259. The van der Waals surface area contributed by atoms with Crippen LogP contribution in [-0.2, 0) is 6.61 Å². The number of nitrogens with one attached hydrogen (secondary N) is 3. The van der Waals surface area contributed by atoms with Gasteiger partial charge in [0.25, 0.3) is 5.91 Å². The molecule has 0 unspecified atom stereocenters. The molecule has 1 heterocycles. The summed E-state index contributed by atoms with van der Waals surface area (Å²) in [4.78, 5) is 17.9. The lowest BCUT2D eigenvalue weighted by Gasteiger charge is -2.16. The molecule has 1 amide bonds. The van der Waals surface area contributed by atoms with Crippen LogP contribution in [0.25, 0.3) is 0 Å². The Morgan fingerprint density at radius 3 is 2.29 bits per heavy atom. The van der Waals surface area contributed by atoms with Crippen molar-refractivity contribution in [1.82, 2.24) is 4.98 Å². The smallest absolute Gasteiger partial charge is 0.259 e. The molecule has 0 atom stereocenters. The van der Waals surface area contributed by atoms with Gasteiger partial charge in [0.2, 0.25) is 0 Å². The second kappa shape index (κ2) is 11.3. The number of carbonyl (C=O) groups excluding carboxylic acids is 1. The van der Waals surface area contributed by atoms with Crippen molar-refractivity contribution in [2.75, 3.05) is 5.32 Å². The van der Waals surface area contributed by atoms with Crippen molar-refractivity contribution in [3.8, 4) is 5.75 Å². The number of aromatic nitrogens is 1. The molecular weight excluding hydrogens is 440 g/mol. The van der Waals surface area contributed by atoms with Gasteiger partial charge in [-0.25, -0.2) is 0 Å².